The van der Waals surface area contributed by atoms with Gasteiger partial charge in [0.1, 0.15) is 6.54 Å². The van der Waals surface area contributed by atoms with Crippen molar-refractivity contribution in [1.82, 2.24) is 9.47 Å². The minimum atomic E-state index is -0.331. The van der Waals surface area contributed by atoms with Crippen LogP contribution in [-0.4, -0.2) is 39.7 Å². The maximum atomic E-state index is 12.4. The number of benzene rings is 1. The van der Waals surface area contributed by atoms with Crippen molar-refractivity contribution < 1.29 is 19.1 Å². The summed E-state index contributed by atoms with van der Waals surface area (Å²) in [5.41, 5.74) is 1.63. The van der Waals surface area contributed by atoms with E-state index in [4.69, 9.17) is 4.74 Å². The molecule has 2 aromatic rings. The number of thioether (sulfide) groups is 1. The average molecular weight is 370 g/mol. The van der Waals surface area contributed by atoms with Crippen LogP contribution in [0, 0.1) is 0 Å². The van der Waals surface area contributed by atoms with E-state index in [9.17, 15) is 14.4 Å². The maximum absolute atomic E-state index is 12.4. The molecule has 1 aliphatic rings. The molecule has 0 saturated carbocycles. The van der Waals surface area contributed by atoms with Crippen molar-refractivity contribution in [3.05, 3.63) is 53.6 Å². The molecular formula is C19H18N2O4S. The number of imide groups is 1. The van der Waals surface area contributed by atoms with Gasteiger partial charge in [-0.1, -0.05) is 24.3 Å². The van der Waals surface area contributed by atoms with E-state index in [0.29, 0.717) is 11.5 Å². The fourth-order valence-corrected chi connectivity index (χ4v) is 3.63. The third-order valence-corrected chi connectivity index (χ3v) is 4.80. The molecular weight excluding hydrogens is 352 g/mol. The van der Waals surface area contributed by atoms with Crippen LogP contribution < -0.4 is 0 Å². The van der Waals surface area contributed by atoms with Crippen molar-refractivity contribution in [2.24, 2.45) is 0 Å². The maximum Gasteiger partial charge on any atom is 0.325 e. The Balaban J connectivity index is 1.98. The van der Waals surface area contributed by atoms with E-state index in [2.05, 4.69) is 6.58 Å². The van der Waals surface area contributed by atoms with Gasteiger partial charge in [-0.15, -0.1) is 6.58 Å². The monoisotopic (exact) mass is 370 g/mol. The summed E-state index contributed by atoms with van der Waals surface area (Å²) in [6.45, 7) is 5.92. The SMILES string of the molecule is C=CCN1C(=O)SC(=Cc2cn(CC(=O)OCC)c3ccccc23)C1=O. The number of fused-ring (bicyclic) bond motifs is 1. The van der Waals surface area contributed by atoms with Gasteiger partial charge in [0, 0.05) is 29.2 Å². The summed E-state index contributed by atoms with van der Waals surface area (Å²) in [7, 11) is 0. The van der Waals surface area contributed by atoms with E-state index in [1.54, 1.807) is 23.8 Å². The first-order valence-electron chi connectivity index (χ1n) is 8.15. The van der Waals surface area contributed by atoms with Crippen LogP contribution in [0.25, 0.3) is 17.0 Å². The molecule has 0 aliphatic carbocycles. The molecule has 1 aliphatic heterocycles. The van der Waals surface area contributed by atoms with Crippen LogP contribution in [0.15, 0.2) is 48.0 Å². The molecule has 1 aromatic heterocycles. The first kappa shape index (κ1) is 18.0. The molecule has 2 amide bonds. The molecule has 26 heavy (non-hydrogen) atoms. The molecule has 1 saturated heterocycles. The van der Waals surface area contributed by atoms with Gasteiger partial charge < -0.3 is 9.30 Å². The minimum absolute atomic E-state index is 0.0835. The quantitative estimate of drug-likeness (QED) is 0.443. The van der Waals surface area contributed by atoms with E-state index in [-0.39, 0.29) is 30.2 Å². The van der Waals surface area contributed by atoms with Crippen LogP contribution in [0.2, 0.25) is 0 Å². The summed E-state index contributed by atoms with van der Waals surface area (Å²) in [4.78, 5) is 37.7. The molecule has 0 N–H and O–H groups in total. The van der Waals surface area contributed by atoms with Gasteiger partial charge in [-0.05, 0) is 30.8 Å². The minimum Gasteiger partial charge on any atom is -0.465 e. The third-order valence-electron chi connectivity index (χ3n) is 3.90. The number of carbonyl (C=O) groups is 3. The highest BCUT2D eigenvalue weighted by Crippen LogP contribution is 2.34. The van der Waals surface area contributed by atoms with Crippen molar-refractivity contribution >= 4 is 45.9 Å². The number of aromatic nitrogens is 1. The van der Waals surface area contributed by atoms with E-state index in [1.165, 1.54) is 6.08 Å². The lowest BCUT2D eigenvalue weighted by atomic mass is 10.1. The second-order valence-electron chi connectivity index (χ2n) is 5.62. The normalized spacial score (nSPS) is 15.9. The van der Waals surface area contributed by atoms with E-state index in [1.807, 2.05) is 24.3 Å². The summed E-state index contributed by atoms with van der Waals surface area (Å²) in [5.74, 6) is -0.659. The zero-order chi connectivity index (χ0) is 18.7. The van der Waals surface area contributed by atoms with Crippen molar-refractivity contribution in [2.75, 3.05) is 13.2 Å². The van der Waals surface area contributed by atoms with Gasteiger partial charge in [-0.3, -0.25) is 19.3 Å². The van der Waals surface area contributed by atoms with E-state index < -0.39 is 0 Å². The first-order chi connectivity index (χ1) is 12.5. The Bertz CT molecular complexity index is 929. The van der Waals surface area contributed by atoms with Gasteiger partial charge in [0.25, 0.3) is 11.1 Å². The molecule has 2 heterocycles. The Kier molecular flexibility index (Phi) is 5.27. The Morgan fingerprint density at radius 3 is 2.81 bits per heavy atom. The molecule has 0 atom stereocenters. The highest BCUT2D eigenvalue weighted by atomic mass is 32.2. The molecule has 0 spiro atoms. The molecule has 0 bridgehead atoms. The van der Waals surface area contributed by atoms with Gasteiger partial charge in [0.15, 0.2) is 0 Å². The van der Waals surface area contributed by atoms with Gasteiger partial charge in [-0.2, -0.15) is 0 Å². The summed E-state index contributed by atoms with van der Waals surface area (Å²) in [6.07, 6.45) is 5.01. The lowest BCUT2D eigenvalue weighted by molar-refractivity contribution is -0.143. The highest BCUT2D eigenvalue weighted by Gasteiger charge is 2.34. The molecule has 1 fully saturated rings. The summed E-state index contributed by atoms with van der Waals surface area (Å²) >= 11 is 0.906. The second-order valence-corrected chi connectivity index (χ2v) is 6.61. The van der Waals surface area contributed by atoms with Crippen molar-refractivity contribution in [3.63, 3.8) is 0 Å². The largest absolute Gasteiger partial charge is 0.465 e. The van der Waals surface area contributed by atoms with Gasteiger partial charge in [-0.25, -0.2) is 0 Å². The Morgan fingerprint density at radius 1 is 1.31 bits per heavy atom. The van der Waals surface area contributed by atoms with Crippen LogP contribution in [0.5, 0.6) is 0 Å². The zero-order valence-corrected chi connectivity index (χ0v) is 15.1. The Morgan fingerprint density at radius 2 is 2.08 bits per heavy atom. The smallest absolute Gasteiger partial charge is 0.325 e. The standard InChI is InChI=1S/C19H18N2O4S/c1-3-9-21-18(23)16(26-19(21)24)10-13-11-20(12-17(22)25-4-2)15-8-6-5-7-14(13)15/h3,5-8,10-11H,1,4,9,12H2,2H3. The lowest BCUT2D eigenvalue weighted by Gasteiger charge is -2.07. The van der Waals surface area contributed by atoms with Crippen LogP contribution in [-0.2, 0) is 20.9 Å². The number of amides is 2. The second kappa shape index (κ2) is 7.61. The average Bonchev–Trinajstić information content (AvgIpc) is 3.08. The lowest BCUT2D eigenvalue weighted by Crippen LogP contribution is -2.27. The van der Waals surface area contributed by atoms with Crippen molar-refractivity contribution in [1.29, 1.82) is 0 Å². The molecule has 0 radical (unpaired) electrons. The van der Waals surface area contributed by atoms with E-state index >= 15 is 0 Å². The highest BCUT2D eigenvalue weighted by molar-refractivity contribution is 8.18. The van der Waals surface area contributed by atoms with Crippen LogP contribution in [0.4, 0.5) is 4.79 Å². The summed E-state index contributed by atoms with van der Waals surface area (Å²) in [5, 5.41) is 0.587. The van der Waals surface area contributed by atoms with Gasteiger partial charge in [0.05, 0.1) is 11.5 Å². The Labute approximate surface area is 155 Å². The molecule has 134 valence electrons. The van der Waals surface area contributed by atoms with E-state index in [0.717, 1.165) is 33.1 Å². The number of rotatable bonds is 6. The number of nitrogens with zero attached hydrogens (tertiary/aromatic N) is 2. The third kappa shape index (κ3) is 3.43. The van der Waals surface area contributed by atoms with Crippen molar-refractivity contribution in [3.8, 4) is 0 Å². The predicted octanol–water partition coefficient (Wildman–Crippen LogP) is 3.43. The predicted molar refractivity (Wildman–Crippen MR) is 101 cm³/mol. The molecule has 3 rings (SSSR count). The fraction of sp³-hybridized carbons (Fsp3) is 0.211. The number of hydrogen-bond donors (Lipinski definition) is 0. The van der Waals surface area contributed by atoms with Crippen LogP contribution in [0.1, 0.15) is 12.5 Å². The van der Waals surface area contributed by atoms with Crippen LogP contribution >= 0.6 is 11.8 Å². The summed E-state index contributed by atoms with van der Waals surface area (Å²) in [6, 6.07) is 7.58. The topological polar surface area (TPSA) is 68.6 Å². The molecule has 7 heteroatoms. The number of carbonyl (C=O) groups excluding carboxylic acids is 3. The van der Waals surface area contributed by atoms with Gasteiger partial charge >= 0.3 is 5.97 Å². The van der Waals surface area contributed by atoms with Crippen molar-refractivity contribution in [2.45, 2.75) is 13.5 Å². The molecule has 6 nitrogen and oxygen atoms in total. The fourth-order valence-electron chi connectivity index (χ4n) is 2.79. The number of hydrogen-bond acceptors (Lipinski definition) is 5. The number of ether oxygens (including phenoxy) is 1. The van der Waals surface area contributed by atoms with Gasteiger partial charge in [0.2, 0.25) is 0 Å². The molecule has 0 unspecified atom stereocenters. The summed E-state index contributed by atoms with van der Waals surface area (Å²) < 4.78 is 6.80. The van der Waals surface area contributed by atoms with Crippen LogP contribution in [0.3, 0.4) is 0 Å². The first-order valence-corrected chi connectivity index (χ1v) is 8.96. The zero-order valence-electron chi connectivity index (χ0n) is 14.3. The number of para-hydroxylation sites is 1. The Hall–Kier alpha value is -2.80. The number of esters is 1. The molecule has 1 aromatic carbocycles.